The molecule has 3 nitrogen and oxygen atoms in total. The van der Waals surface area contributed by atoms with E-state index in [-0.39, 0.29) is 5.92 Å². The van der Waals surface area contributed by atoms with Crippen molar-refractivity contribution < 1.29 is 22.7 Å². The molecule has 2 rings (SSSR count). The van der Waals surface area contributed by atoms with Gasteiger partial charge in [0.05, 0.1) is 12.7 Å². The first-order valence-corrected chi connectivity index (χ1v) is 5.09. The molecule has 0 unspecified atom stereocenters. The molecule has 0 spiro atoms. The van der Waals surface area contributed by atoms with E-state index in [1.807, 2.05) is 0 Å². The van der Waals surface area contributed by atoms with Crippen molar-refractivity contribution in [1.82, 2.24) is 4.98 Å². The minimum absolute atomic E-state index is 0.0215. The smallest absolute Gasteiger partial charge is 0.434 e. The molecule has 1 aliphatic carbocycles. The van der Waals surface area contributed by atoms with Crippen molar-refractivity contribution in [1.29, 1.82) is 0 Å². The maximum atomic E-state index is 12.7. The summed E-state index contributed by atoms with van der Waals surface area (Å²) in [4.78, 5) is 14.7. The van der Waals surface area contributed by atoms with Crippen molar-refractivity contribution >= 4 is 5.97 Å². The molecule has 6 heteroatoms. The van der Waals surface area contributed by atoms with E-state index in [2.05, 4.69) is 9.72 Å². The van der Waals surface area contributed by atoms with E-state index in [0.717, 1.165) is 26.1 Å². The minimum atomic E-state index is -4.64. The lowest BCUT2D eigenvalue weighted by Crippen LogP contribution is -2.18. The van der Waals surface area contributed by atoms with E-state index >= 15 is 0 Å². The van der Waals surface area contributed by atoms with Crippen molar-refractivity contribution in [3.63, 3.8) is 0 Å². The Morgan fingerprint density at radius 2 is 2.12 bits per heavy atom. The first-order valence-electron chi connectivity index (χ1n) is 5.09. The maximum absolute atomic E-state index is 12.7. The summed E-state index contributed by atoms with van der Waals surface area (Å²) in [5, 5.41) is 0. The van der Waals surface area contributed by atoms with Gasteiger partial charge in [-0.1, -0.05) is 0 Å². The fourth-order valence-corrected chi connectivity index (χ4v) is 1.74. The van der Waals surface area contributed by atoms with Gasteiger partial charge in [0.1, 0.15) is 0 Å². The molecule has 0 aliphatic heterocycles. The minimum Gasteiger partial charge on any atom is -0.465 e. The van der Waals surface area contributed by atoms with Gasteiger partial charge in [0.25, 0.3) is 0 Å². The van der Waals surface area contributed by atoms with E-state index < -0.39 is 23.4 Å². The van der Waals surface area contributed by atoms with Crippen LogP contribution in [0, 0.1) is 0 Å². The molecule has 1 aromatic heterocycles. The Hall–Kier alpha value is -1.59. The second-order valence-electron chi connectivity index (χ2n) is 3.89. The fourth-order valence-electron chi connectivity index (χ4n) is 1.74. The number of alkyl halides is 3. The Morgan fingerprint density at radius 3 is 2.59 bits per heavy atom. The Kier molecular flexibility index (Phi) is 2.81. The van der Waals surface area contributed by atoms with Crippen LogP contribution in [0.1, 0.15) is 40.4 Å². The largest absolute Gasteiger partial charge is 0.465 e. The van der Waals surface area contributed by atoms with Gasteiger partial charge in [-0.2, -0.15) is 13.2 Å². The Labute approximate surface area is 95.6 Å². The van der Waals surface area contributed by atoms with Gasteiger partial charge in [0.15, 0.2) is 5.69 Å². The number of rotatable bonds is 2. The van der Waals surface area contributed by atoms with Crippen LogP contribution in [0.5, 0.6) is 0 Å². The van der Waals surface area contributed by atoms with Crippen LogP contribution in [0.15, 0.2) is 12.3 Å². The van der Waals surface area contributed by atoms with E-state index in [9.17, 15) is 18.0 Å². The molecular formula is C11H10F3NO2. The third kappa shape index (κ3) is 2.25. The molecule has 1 aromatic rings. The number of hydrogen-bond donors (Lipinski definition) is 0. The zero-order valence-electron chi connectivity index (χ0n) is 9.04. The maximum Gasteiger partial charge on any atom is 0.434 e. The first-order chi connectivity index (χ1) is 7.95. The van der Waals surface area contributed by atoms with Crippen LogP contribution in [0.25, 0.3) is 0 Å². The summed E-state index contributed by atoms with van der Waals surface area (Å²) in [5.74, 6) is -0.958. The fraction of sp³-hybridized carbons (Fsp3) is 0.455. The third-order valence-corrected chi connectivity index (χ3v) is 2.66. The SMILES string of the molecule is COC(=O)c1c(C2CC2)ccnc1C(F)(F)F. The van der Waals surface area contributed by atoms with Gasteiger partial charge in [-0.05, 0) is 30.4 Å². The lowest BCUT2D eigenvalue weighted by atomic mass is 10.0. The quantitative estimate of drug-likeness (QED) is 0.752. The number of hydrogen-bond acceptors (Lipinski definition) is 3. The highest BCUT2D eigenvalue weighted by Gasteiger charge is 2.41. The van der Waals surface area contributed by atoms with Gasteiger partial charge < -0.3 is 4.74 Å². The van der Waals surface area contributed by atoms with Gasteiger partial charge in [-0.15, -0.1) is 0 Å². The van der Waals surface area contributed by atoms with Gasteiger partial charge in [0, 0.05) is 6.20 Å². The Balaban J connectivity index is 2.58. The summed E-state index contributed by atoms with van der Waals surface area (Å²) < 4.78 is 42.6. The van der Waals surface area contributed by atoms with Crippen molar-refractivity contribution in [2.45, 2.75) is 24.9 Å². The molecule has 0 bridgehead atoms. The van der Waals surface area contributed by atoms with Crippen molar-refractivity contribution in [2.75, 3.05) is 7.11 Å². The van der Waals surface area contributed by atoms with Crippen molar-refractivity contribution in [3.8, 4) is 0 Å². The molecule has 92 valence electrons. The highest BCUT2D eigenvalue weighted by atomic mass is 19.4. The summed E-state index contributed by atoms with van der Waals surface area (Å²) in [5.41, 5.74) is -1.21. The van der Waals surface area contributed by atoms with E-state index in [1.165, 1.54) is 6.07 Å². The average molecular weight is 245 g/mol. The van der Waals surface area contributed by atoms with Gasteiger partial charge in [-0.25, -0.2) is 4.79 Å². The van der Waals surface area contributed by atoms with Gasteiger partial charge >= 0.3 is 12.1 Å². The number of nitrogens with zero attached hydrogens (tertiary/aromatic N) is 1. The summed E-state index contributed by atoms with van der Waals surface area (Å²) in [6.45, 7) is 0. The van der Waals surface area contributed by atoms with Crippen LogP contribution in [-0.2, 0) is 10.9 Å². The van der Waals surface area contributed by atoms with Crippen LogP contribution in [-0.4, -0.2) is 18.1 Å². The predicted molar refractivity (Wildman–Crippen MR) is 52.6 cm³/mol. The molecule has 1 aliphatic rings. The highest BCUT2D eigenvalue weighted by molar-refractivity contribution is 5.92. The molecule has 0 amide bonds. The lowest BCUT2D eigenvalue weighted by molar-refractivity contribution is -0.141. The first kappa shape index (κ1) is 11.9. The standard InChI is InChI=1S/C11H10F3NO2/c1-17-10(16)8-7(6-2-3-6)4-5-15-9(8)11(12,13)14/h4-6H,2-3H2,1H3. The topological polar surface area (TPSA) is 39.2 Å². The van der Waals surface area contributed by atoms with Crippen LogP contribution in [0.2, 0.25) is 0 Å². The summed E-state index contributed by atoms with van der Waals surface area (Å²) in [6, 6.07) is 1.46. The number of carbonyl (C=O) groups excluding carboxylic acids is 1. The molecule has 0 radical (unpaired) electrons. The molecule has 0 aromatic carbocycles. The molecule has 0 N–H and O–H groups in total. The average Bonchev–Trinajstić information content (AvgIpc) is 3.09. The van der Waals surface area contributed by atoms with E-state index in [4.69, 9.17) is 0 Å². The van der Waals surface area contributed by atoms with Crippen LogP contribution in [0.4, 0.5) is 13.2 Å². The Bertz CT molecular complexity index is 453. The molecule has 1 fully saturated rings. The number of aromatic nitrogens is 1. The highest BCUT2D eigenvalue weighted by Crippen LogP contribution is 2.44. The molecule has 17 heavy (non-hydrogen) atoms. The summed E-state index contributed by atoms with van der Waals surface area (Å²) in [6.07, 6.45) is -1.96. The monoisotopic (exact) mass is 245 g/mol. The van der Waals surface area contributed by atoms with E-state index in [1.54, 1.807) is 0 Å². The number of ether oxygens (including phenoxy) is 1. The second-order valence-corrected chi connectivity index (χ2v) is 3.89. The van der Waals surface area contributed by atoms with Crippen LogP contribution in [0.3, 0.4) is 0 Å². The summed E-state index contributed by atoms with van der Waals surface area (Å²) in [7, 11) is 1.06. The zero-order valence-corrected chi connectivity index (χ0v) is 9.04. The van der Waals surface area contributed by atoms with Gasteiger partial charge in [-0.3, -0.25) is 4.98 Å². The number of pyridine rings is 1. The van der Waals surface area contributed by atoms with Crippen molar-refractivity contribution in [3.05, 3.63) is 29.1 Å². The molecule has 1 saturated carbocycles. The number of carbonyl (C=O) groups is 1. The molecule has 1 heterocycles. The Morgan fingerprint density at radius 1 is 1.47 bits per heavy atom. The second kappa shape index (κ2) is 4.01. The number of methoxy groups -OCH3 is 1. The normalized spacial score (nSPS) is 15.8. The van der Waals surface area contributed by atoms with Crippen molar-refractivity contribution in [2.24, 2.45) is 0 Å². The van der Waals surface area contributed by atoms with Crippen LogP contribution >= 0.6 is 0 Å². The molecular weight excluding hydrogens is 235 g/mol. The molecule has 0 atom stereocenters. The number of halogens is 3. The summed E-state index contributed by atoms with van der Waals surface area (Å²) >= 11 is 0. The zero-order chi connectivity index (χ0) is 12.6. The van der Waals surface area contributed by atoms with Crippen LogP contribution < -0.4 is 0 Å². The molecule has 0 saturated heterocycles. The third-order valence-electron chi connectivity index (χ3n) is 2.66. The van der Waals surface area contributed by atoms with Gasteiger partial charge in [0.2, 0.25) is 0 Å². The van der Waals surface area contributed by atoms with E-state index in [0.29, 0.717) is 5.56 Å². The number of esters is 1. The lowest BCUT2D eigenvalue weighted by Gasteiger charge is -2.13. The predicted octanol–water partition coefficient (Wildman–Crippen LogP) is 2.76.